The van der Waals surface area contributed by atoms with Crippen LogP contribution in [-0.4, -0.2) is 52.8 Å². The maximum atomic E-state index is 12.8. The topological polar surface area (TPSA) is 75.9 Å². The van der Waals surface area contributed by atoms with Crippen molar-refractivity contribution in [1.82, 2.24) is 19.6 Å². The van der Waals surface area contributed by atoms with Crippen molar-refractivity contribution in [1.29, 1.82) is 0 Å². The third-order valence-electron chi connectivity index (χ3n) is 4.88. The molecule has 0 aliphatic heterocycles. The van der Waals surface area contributed by atoms with E-state index in [1.54, 1.807) is 28.7 Å². The Balaban J connectivity index is 1.80. The van der Waals surface area contributed by atoms with Gasteiger partial charge in [-0.25, -0.2) is 4.98 Å². The lowest BCUT2D eigenvalue weighted by Crippen LogP contribution is -2.32. The van der Waals surface area contributed by atoms with Crippen LogP contribution in [-0.2, 0) is 6.42 Å². The second-order valence-electron chi connectivity index (χ2n) is 6.54. The maximum Gasteiger partial charge on any atom is 0.290 e. The lowest BCUT2D eigenvalue weighted by Gasteiger charge is -2.17. The first-order chi connectivity index (χ1) is 14.1. The Hall–Kier alpha value is -3.35. The van der Waals surface area contributed by atoms with Gasteiger partial charge in [-0.3, -0.25) is 14.0 Å². The summed E-state index contributed by atoms with van der Waals surface area (Å²) in [6.07, 6.45) is 2.39. The summed E-state index contributed by atoms with van der Waals surface area (Å²) in [6, 6.07) is 13.1. The van der Waals surface area contributed by atoms with Crippen LogP contribution < -0.4 is 10.1 Å². The van der Waals surface area contributed by atoms with Crippen LogP contribution in [0, 0.1) is 0 Å². The van der Waals surface area contributed by atoms with Crippen LogP contribution in [0.1, 0.15) is 40.5 Å². The molecule has 7 nitrogen and oxygen atoms in total. The minimum absolute atomic E-state index is 0.190. The van der Waals surface area contributed by atoms with Gasteiger partial charge >= 0.3 is 0 Å². The number of carbonyl (C=O) groups excluding carboxylic acids is 2. The molecular weight excluding hydrogens is 368 g/mol. The zero-order chi connectivity index (χ0) is 20.8. The predicted molar refractivity (Wildman–Crippen MR) is 111 cm³/mol. The van der Waals surface area contributed by atoms with Gasteiger partial charge in [0.1, 0.15) is 5.75 Å². The highest BCUT2D eigenvalue weighted by Crippen LogP contribution is 2.18. The number of imidazole rings is 1. The molecule has 7 heteroatoms. The molecule has 0 radical (unpaired) electrons. The molecule has 3 rings (SSSR count). The summed E-state index contributed by atoms with van der Waals surface area (Å²) < 4.78 is 7.02. The molecule has 29 heavy (non-hydrogen) atoms. The van der Waals surface area contributed by atoms with E-state index >= 15 is 0 Å². The number of nitrogens with zero attached hydrogens (tertiary/aromatic N) is 3. The fourth-order valence-corrected chi connectivity index (χ4v) is 3.31. The summed E-state index contributed by atoms with van der Waals surface area (Å²) in [4.78, 5) is 31.7. The molecule has 0 fully saturated rings. The van der Waals surface area contributed by atoms with Crippen molar-refractivity contribution < 1.29 is 14.3 Å². The van der Waals surface area contributed by atoms with Crippen LogP contribution in [0.2, 0.25) is 0 Å². The predicted octanol–water partition coefficient (Wildman–Crippen LogP) is 2.80. The third-order valence-corrected chi connectivity index (χ3v) is 4.88. The van der Waals surface area contributed by atoms with Gasteiger partial charge in [-0.2, -0.15) is 0 Å². The van der Waals surface area contributed by atoms with Gasteiger partial charge in [-0.05, 0) is 44.0 Å². The largest absolute Gasteiger partial charge is 0.496 e. The van der Waals surface area contributed by atoms with Crippen LogP contribution in [0.15, 0.2) is 48.7 Å². The molecule has 0 spiro atoms. The monoisotopic (exact) mass is 394 g/mol. The summed E-state index contributed by atoms with van der Waals surface area (Å²) in [5, 5.41) is 2.91. The fourth-order valence-electron chi connectivity index (χ4n) is 3.31. The summed E-state index contributed by atoms with van der Waals surface area (Å²) in [5.74, 6) is 0.548. The van der Waals surface area contributed by atoms with Crippen LogP contribution in [0.5, 0.6) is 5.75 Å². The molecule has 152 valence electrons. The molecular formula is C22H26N4O3. The number of para-hydroxylation sites is 1. The van der Waals surface area contributed by atoms with E-state index in [2.05, 4.69) is 10.3 Å². The number of benzene rings is 1. The van der Waals surface area contributed by atoms with Crippen molar-refractivity contribution in [2.45, 2.75) is 20.3 Å². The van der Waals surface area contributed by atoms with Crippen molar-refractivity contribution in [3.05, 3.63) is 65.7 Å². The number of fused-ring (bicyclic) bond motifs is 1. The van der Waals surface area contributed by atoms with Gasteiger partial charge in [0, 0.05) is 25.8 Å². The van der Waals surface area contributed by atoms with Crippen LogP contribution >= 0.6 is 0 Å². The molecule has 0 saturated carbocycles. The Morgan fingerprint density at radius 3 is 2.55 bits per heavy atom. The minimum Gasteiger partial charge on any atom is -0.496 e. The van der Waals surface area contributed by atoms with E-state index in [0.29, 0.717) is 31.6 Å². The summed E-state index contributed by atoms with van der Waals surface area (Å²) in [5.41, 5.74) is 1.88. The molecule has 3 aromatic rings. The minimum atomic E-state index is -0.304. The number of hydrogen-bond acceptors (Lipinski definition) is 4. The molecule has 0 atom stereocenters. The van der Waals surface area contributed by atoms with Crippen LogP contribution in [0.4, 0.5) is 0 Å². The molecule has 1 aromatic carbocycles. The van der Waals surface area contributed by atoms with Gasteiger partial charge in [-0.15, -0.1) is 0 Å². The van der Waals surface area contributed by atoms with Gasteiger partial charge in [-0.1, -0.05) is 24.3 Å². The first-order valence-corrected chi connectivity index (χ1v) is 9.77. The SMILES string of the molecule is CCN(CC)C(=O)c1nc(C(=O)NCCc2ccccc2OC)c2ccccn12. The van der Waals surface area contributed by atoms with E-state index < -0.39 is 0 Å². The second kappa shape index (κ2) is 9.23. The van der Waals surface area contributed by atoms with E-state index in [1.807, 2.05) is 50.2 Å². The van der Waals surface area contributed by atoms with Gasteiger partial charge in [0.2, 0.25) is 5.82 Å². The lowest BCUT2D eigenvalue weighted by molar-refractivity contribution is 0.0760. The van der Waals surface area contributed by atoms with E-state index in [-0.39, 0.29) is 23.3 Å². The van der Waals surface area contributed by atoms with Crippen LogP contribution in [0.3, 0.4) is 0 Å². The first kappa shape index (κ1) is 20.4. The van der Waals surface area contributed by atoms with E-state index in [0.717, 1.165) is 11.3 Å². The molecule has 0 unspecified atom stereocenters. The van der Waals surface area contributed by atoms with Crippen molar-refractivity contribution in [2.24, 2.45) is 0 Å². The standard InChI is InChI=1S/C22H26N4O3/c1-4-25(5-2)22(28)20-24-19(17-11-8-9-15-26(17)20)21(27)23-14-13-16-10-6-7-12-18(16)29-3/h6-12,15H,4-5,13-14H2,1-3H3,(H,23,27). The number of hydrogen-bond donors (Lipinski definition) is 1. The molecule has 1 N–H and O–H groups in total. The maximum absolute atomic E-state index is 12.8. The summed E-state index contributed by atoms with van der Waals surface area (Å²) >= 11 is 0. The highest BCUT2D eigenvalue weighted by molar-refractivity contribution is 6.02. The molecule has 2 amide bonds. The Morgan fingerprint density at radius 2 is 1.83 bits per heavy atom. The number of nitrogens with one attached hydrogen (secondary N) is 1. The number of rotatable bonds is 8. The Labute approximate surface area is 170 Å². The van der Waals surface area contributed by atoms with Crippen molar-refractivity contribution in [2.75, 3.05) is 26.7 Å². The van der Waals surface area contributed by atoms with Gasteiger partial charge in [0.15, 0.2) is 5.69 Å². The highest BCUT2D eigenvalue weighted by Gasteiger charge is 2.23. The van der Waals surface area contributed by atoms with E-state index in [9.17, 15) is 9.59 Å². The van der Waals surface area contributed by atoms with Gasteiger partial charge in [0.25, 0.3) is 11.8 Å². The number of pyridine rings is 1. The zero-order valence-corrected chi connectivity index (χ0v) is 17.0. The molecule has 2 aromatic heterocycles. The highest BCUT2D eigenvalue weighted by atomic mass is 16.5. The number of aromatic nitrogens is 2. The Morgan fingerprint density at radius 1 is 1.10 bits per heavy atom. The quantitative estimate of drug-likeness (QED) is 0.637. The van der Waals surface area contributed by atoms with Crippen molar-refractivity contribution in [3.8, 4) is 5.75 Å². The second-order valence-corrected chi connectivity index (χ2v) is 6.54. The number of amides is 2. The summed E-state index contributed by atoms with van der Waals surface area (Å²) in [6.45, 7) is 5.44. The van der Waals surface area contributed by atoms with E-state index in [1.165, 1.54) is 0 Å². The smallest absolute Gasteiger partial charge is 0.290 e. The molecule has 0 saturated heterocycles. The normalized spacial score (nSPS) is 10.7. The third kappa shape index (κ3) is 4.23. The molecule has 0 aliphatic carbocycles. The average molecular weight is 394 g/mol. The average Bonchev–Trinajstić information content (AvgIpc) is 3.14. The van der Waals surface area contributed by atoms with Crippen molar-refractivity contribution >= 4 is 17.3 Å². The van der Waals surface area contributed by atoms with Crippen LogP contribution in [0.25, 0.3) is 5.52 Å². The molecule has 0 aliphatic rings. The molecule has 2 heterocycles. The molecule has 0 bridgehead atoms. The fraction of sp³-hybridized carbons (Fsp3) is 0.318. The summed E-state index contributed by atoms with van der Waals surface area (Å²) in [7, 11) is 1.63. The van der Waals surface area contributed by atoms with Gasteiger partial charge in [0.05, 0.1) is 12.6 Å². The Bertz CT molecular complexity index is 1010. The zero-order valence-electron chi connectivity index (χ0n) is 17.0. The van der Waals surface area contributed by atoms with Gasteiger partial charge < -0.3 is 15.0 Å². The van der Waals surface area contributed by atoms with Crippen molar-refractivity contribution in [3.63, 3.8) is 0 Å². The number of ether oxygens (including phenoxy) is 1. The number of methoxy groups -OCH3 is 1. The number of carbonyl (C=O) groups is 2. The lowest BCUT2D eigenvalue weighted by atomic mass is 10.1. The first-order valence-electron chi connectivity index (χ1n) is 9.77. The Kier molecular flexibility index (Phi) is 6.49. The van der Waals surface area contributed by atoms with E-state index in [4.69, 9.17) is 4.74 Å².